The highest BCUT2D eigenvalue weighted by atomic mass is 32.2. The van der Waals surface area contributed by atoms with E-state index < -0.39 is 10.1 Å². The van der Waals surface area contributed by atoms with Crippen LogP contribution in [-0.2, 0) is 10.1 Å². The number of rotatable bonds is 12. The second-order valence-electron chi connectivity index (χ2n) is 8.56. The van der Waals surface area contributed by atoms with E-state index in [0.717, 1.165) is 5.56 Å². The van der Waals surface area contributed by atoms with E-state index in [1.807, 2.05) is 6.92 Å². The molecule has 0 saturated heterocycles. The van der Waals surface area contributed by atoms with Gasteiger partial charge in [-0.1, -0.05) is 76.0 Å². The van der Waals surface area contributed by atoms with Crippen LogP contribution in [0.15, 0.2) is 29.2 Å². The van der Waals surface area contributed by atoms with Crippen molar-refractivity contribution < 1.29 is 22.4 Å². The molecule has 0 bridgehead atoms. The SMILES string of the molecule is CCCCCCCCCCCC[NH+]1CC[N+](C)=C1C.Cc1ccc(S(=O)(=O)[O-])cc1. The Labute approximate surface area is 184 Å². The maximum absolute atomic E-state index is 10.4. The third kappa shape index (κ3) is 11.2. The van der Waals surface area contributed by atoms with Crippen LogP contribution < -0.4 is 4.90 Å². The lowest BCUT2D eigenvalue weighted by Crippen LogP contribution is -3.13. The summed E-state index contributed by atoms with van der Waals surface area (Å²) in [5.41, 5.74) is 0.928. The van der Waals surface area contributed by atoms with Gasteiger partial charge in [0.2, 0.25) is 0 Å². The van der Waals surface area contributed by atoms with Crippen LogP contribution in [0.2, 0.25) is 0 Å². The molecule has 0 fully saturated rings. The van der Waals surface area contributed by atoms with Gasteiger partial charge in [0.05, 0.1) is 18.4 Å². The quantitative estimate of drug-likeness (QED) is 0.306. The average molecular weight is 440 g/mol. The fourth-order valence-electron chi connectivity index (χ4n) is 3.76. The van der Waals surface area contributed by atoms with E-state index in [9.17, 15) is 13.0 Å². The Balaban J connectivity index is 0.000000346. The number of likely N-dealkylation sites (N-methyl/N-ethyl adjacent to an activating group) is 1. The molecule has 30 heavy (non-hydrogen) atoms. The van der Waals surface area contributed by atoms with Gasteiger partial charge in [-0.3, -0.25) is 0 Å². The first kappa shape index (κ1) is 26.8. The van der Waals surface area contributed by atoms with Gasteiger partial charge >= 0.3 is 5.84 Å². The summed E-state index contributed by atoms with van der Waals surface area (Å²) in [5.74, 6) is 1.55. The zero-order valence-electron chi connectivity index (χ0n) is 19.6. The van der Waals surface area contributed by atoms with Gasteiger partial charge in [-0.2, -0.15) is 4.58 Å². The van der Waals surface area contributed by atoms with Crippen LogP contribution in [-0.4, -0.2) is 50.1 Å². The number of hydrogen-bond acceptors (Lipinski definition) is 3. The molecule has 1 atom stereocenters. The topological polar surface area (TPSA) is 64.7 Å². The van der Waals surface area contributed by atoms with Crippen LogP contribution in [0.3, 0.4) is 0 Å². The average Bonchev–Trinajstić information content (AvgIpc) is 3.02. The van der Waals surface area contributed by atoms with Gasteiger partial charge in [0.1, 0.15) is 23.7 Å². The van der Waals surface area contributed by atoms with E-state index in [-0.39, 0.29) is 4.90 Å². The van der Waals surface area contributed by atoms with Gasteiger partial charge in [0.15, 0.2) is 6.54 Å². The van der Waals surface area contributed by atoms with E-state index in [1.54, 1.807) is 22.9 Å². The molecule has 0 amide bonds. The summed E-state index contributed by atoms with van der Waals surface area (Å²) in [6, 6.07) is 5.78. The highest BCUT2D eigenvalue weighted by Crippen LogP contribution is 2.10. The van der Waals surface area contributed by atoms with Crippen molar-refractivity contribution in [3.05, 3.63) is 29.8 Å². The first-order chi connectivity index (χ1) is 14.3. The molecular weight excluding hydrogens is 396 g/mol. The standard InChI is InChI=1S/C17H35N2.C7H8O3S/c1-4-5-6-7-8-9-10-11-12-13-14-19-16-15-18(3)17(19)2;1-6-2-4-7(5-3-6)11(8,9)10/h4-16H2,1-3H3;2-5H,1H3,(H,8,9,10)/q+1;. The van der Waals surface area contributed by atoms with Crippen LogP contribution in [0.25, 0.3) is 0 Å². The molecule has 1 unspecified atom stereocenters. The highest BCUT2D eigenvalue weighted by Gasteiger charge is 2.27. The smallest absolute Gasteiger partial charge is 0.333 e. The Morgan fingerprint density at radius 1 is 0.900 bits per heavy atom. The number of hydrogen-bond donors (Lipinski definition) is 1. The van der Waals surface area contributed by atoms with E-state index >= 15 is 0 Å². The first-order valence-electron chi connectivity index (χ1n) is 11.7. The van der Waals surface area contributed by atoms with Crippen molar-refractivity contribution in [1.29, 1.82) is 0 Å². The highest BCUT2D eigenvalue weighted by molar-refractivity contribution is 7.85. The second kappa shape index (κ2) is 14.7. The number of quaternary nitrogens is 1. The number of nitrogens with one attached hydrogen (secondary N) is 1. The molecule has 0 aromatic heterocycles. The molecule has 1 N–H and O–H groups in total. The van der Waals surface area contributed by atoms with Crippen molar-refractivity contribution in [2.24, 2.45) is 0 Å². The molecule has 6 heteroatoms. The van der Waals surface area contributed by atoms with Gasteiger partial charge in [0.25, 0.3) is 0 Å². The number of amidine groups is 1. The molecule has 2 rings (SSSR count). The molecular formula is C24H43N2O3S+. The molecule has 1 aliphatic rings. The maximum atomic E-state index is 10.4. The van der Waals surface area contributed by atoms with E-state index in [0.29, 0.717) is 0 Å². The minimum absolute atomic E-state index is 0.178. The predicted molar refractivity (Wildman–Crippen MR) is 123 cm³/mol. The summed E-state index contributed by atoms with van der Waals surface area (Å²) in [5, 5.41) is 0. The summed E-state index contributed by atoms with van der Waals surface area (Å²) in [6.07, 6.45) is 14.4. The Morgan fingerprint density at radius 2 is 1.40 bits per heavy atom. The zero-order valence-corrected chi connectivity index (χ0v) is 20.4. The molecule has 1 aromatic rings. The van der Waals surface area contributed by atoms with E-state index in [2.05, 4.69) is 25.5 Å². The lowest BCUT2D eigenvalue weighted by atomic mass is 10.1. The molecule has 0 spiro atoms. The number of nitrogens with zero attached hydrogens (tertiary/aromatic N) is 1. The molecule has 1 heterocycles. The monoisotopic (exact) mass is 439 g/mol. The third-order valence-electron chi connectivity index (χ3n) is 5.98. The lowest BCUT2D eigenvalue weighted by molar-refractivity contribution is -0.802. The van der Waals surface area contributed by atoms with Crippen molar-refractivity contribution in [1.82, 2.24) is 0 Å². The zero-order chi connectivity index (χ0) is 22.4. The molecule has 0 radical (unpaired) electrons. The second-order valence-corrected chi connectivity index (χ2v) is 9.94. The van der Waals surface area contributed by atoms with Crippen molar-refractivity contribution in [2.75, 3.05) is 26.7 Å². The summed E-state index contributed by atoms with van der Waals surface area (Å²) in [4.78, 5) is 1.55. The fraction of sp³-hybridized carbons (Fsp3) is 0.708. The maximum Gasteiger partial charge on any atom is 0.333 e. The van der Waals surface area contributed by atoms with Crippen molar-refractivity contribution in [2.45, 2.75) is 89.9 Å². The Hall–Kier alpha value is -1.24. The molecule has 0 aliphatic carbocycles. The van der Waals surface area contributed by atoms with Crippen molar-refractivity contribution in [3.63, 3.8) is 0 Å². The normalized spacial score (nSPS) is 16.5. The van der Waals surface area contributed by atoms with E-state index in [1.165, 1.54) is 96.0 Å². The van der Waals surface area contributed by atoms with Crippen molar-refractivity contribution in [3.8, 4) is 0 Å². The predicted octanol–water partition coefficient (Wildman–Crippen LogP) is 3.77. The summed E-state index contributed by atoms with van der Waals surface area (Å²) >= 11 is 0. The van der Waals surface area contributed by atoms with Gasteiger partial charge in [0, 0.05) is 0 Å². The van der Waals surface area contributed by atoms with E-state index in [4.69, 9.17) is 0 Å². The van der Waals surface area contributed by atoms with Crippen LogP contribution >= 0.6 is 0 Å². The molecule has 0 saturated carbocycles. The number of unbranched alkanes of at least 4 members (excludes halogenated alkanes) is 9. The van der Waals surface area contributed by atoms with Gasteiger partial charge in [-0.25, -0.2) is 13.3 Å². The minimum Gasteiger partial charge on any atom is -0.744 e. The number of benzene rings is 1. The van der Waals surface area contributed by atoms with Gasteiger partial charge < -0.3 is 4.55 Å². The Morgan fingerprint density at radius 3 is 1.83 bits per heavy atom. The first-order valence-corrected chi connectivity index (χ1v) is 13.1. The third-order valence-corrected chi connectivity index (χ3v) is 6.82. The van der Waals surface area contributed by atoms with Crippen LogP contribution in [0.5, 0.6) is 0 Å². The summed E-state index contributed by atoms with van der Waals surface area (Å²) < 4.78 is 33.6. The van der Waals surface area contributed by atoms with Gasteiger partial charge in [-0.05, 0) is 31.9 Å². The molecule has 1 aliphatic heterocycles. The minimum atomic E-state index is -4.27. The van der Waals surface area contributed by atoms with Crippen LogP contribution in [0, 0.1) is 6.92 Å². The fourth-order valence-corrected chi connectivity index (χ4v) is 4.23. The molecule has 172 valence electrons. The van der Waals surface area contributed by atoms with Crippen LogP contribution in [0.1, 0.15) is 83.6 Å². The van der Waals surface area contributed by atoms with Gasteiger partial charge in [-0.15, -0.1) is 0 Å². The lowest BCUT2D eigenvalue weighted by Gasteiger charge is -2.08. The molecule has 5 nitrogen and oxygen atoms in total. The van der Waals surface area contributed by atoms with Crippen LogP contribution in [0.4, 0.5) is 0 Å². The largest absolute Gasteiger partial charge is 0.744 e. The Bertz CT molecular complexity index is 727. The molecule has 1 aromatic carbocycles. The van der Waals surface area contributed by atoms with Crippen molar-refractivity contribution >= 4 is 16.0 Å². The number of aryl methyl sites for hydroxylation is 1. The Kier molecular flexibility index (Phi) is 13.1. The summed E-state index contributed by atoms with van der Waals surface area (Å²) in [6.45, 7) is 10.3. The summed E-state index contributed by atoms with van der Waals surface area (Å²) in [7, 11) is -2.05.